The van der Waals surface area contributed by atoms with E-state index in [1.165, 1.54) is 25.9 Å². The first-order chi connectivity index (χ1) is 9.24. The third-order valence-corrected chi connectivity index (χ3v) is 3.89. The summed E-state index contributed by atoms with van der Waals surface area (Å²) >= 11 is 0. The van der Waals surface area contributed by atoms with Crippen molar-refractivity contribution in [1.82, 2.24) is 14.9 Å². The predicted octanol–water partition coefficient (Wildman–Crippen LogP) is 1.83. The van der Waals surface area contributed by atoms with Crippen LogP contribution in [-0.4, -0.2) is 54.1 Å². The highest BCUT2D eigenvalue weighted by atomic mass is 15.2. The molecule has 2 rings (SSSR count). The first-order valence-electron chi connectivity index (χ1n) is 7.25. The molecule has 1 aromatic rings. The molecule has 0 aliphatic carbocycles. The number of aromatic nitrogens is 2. The van der Waals surface area contributed by atoms with Crippen molar-refractivity contribution < 1.29 is 0 Å². The smallest absolute Gasteiger partial charge is 0.149 e. The summed E-state index contributed by atoms with van der Waals surface area (Å²) in [6.07, 6.45) is 6.04. The van der Waals surface area contributed by atoms with E-state index >= 15 is 0 Å². The summed E-state index contributed by atoms with van der Waals surface area (Å²) in [6.45, 7) is 8.70. The van der Waals surface area contributed by atoms with E-state index in [9.17, 15) is 0 Å². The van der Waals surface area contributed by atoms with Crippen LogP contribution in [0, 0.1) is 0 Å². The minimum atomic E-state index is 0.578. The summed E-state index contributed by atoms with van der Waals surface area (Å²) in [4.78, 5) is 13.7. The second-order valence-electron chi connectivity index (χ2n) is 5.07. The van der Waals surface area contributed by atoms with Gasteiger partial charge < -0.3 is 15.1 Å². The predicted molar refractivity (Wildman–Crippen MR) is 79.7 cm³/mol. The fourth-order valence-corrected chi connectivity index (χ4v) is 2.60. The van der Waals surface area contributed by atoms with Gasteiger partial charge >= 0.3 is 0 Å². The molecule has 1 aliphatic heterocycles. The number of rotatable bonds is 5. The van der Waals surface area contributed by atoms with E-state index in [0.29, 0.717) is 6.04 Å². The molecular weight excluding hydrogens is 238 g/mol. The van der Waals surface area contributed by atoms with Crippen molar-refractivity contribution in [2.24, 2.45) is 0 Å². The lowest BCUT2D eigenvalue weighted by molar-refractivity contribution is 0.220. The van der Waals surface area contributed by atoms with E-state index < -0.39 is 0 Å². The van der Waals surface area contributed by atoms with Crippen LogP contribution in [0.5, 0.6) is 0 Å². The Kier molecular flexibility index (Phi) is 4.96. The van der Waals surface area contributed by atoms with Gasteiger partial charge in [-0.05, 0) is 26.3 Å². The lowest BCUT2D eigenvalue weighted by Gasteiger charge is -2.36. The highest BCUT2D eigenvalue weighted by Gasteiger charge is 2.22. The van der Waals surface area contributed by atoms with Crippen molar-refractivity contribution >= 4 is 11.6 Å². The van der Waals surface area contributed by atoms with Crippen molar-refractivity contribution in [2.45, 2.75) is 32.7 Å². The van der Waals surface area contributed by atoms with Gasteiger partial charge in [0.05, 0.1) is 12.4 Å². The van der Waals surface area contributed by atoms with Crippen molar-refractivity contribution in [2.75, 3.05) is 43.4 Å². The van der Waals surface area contributed by atoms with Gasteiger partial charge in [-0.2, -0.15) is 0 Å². The van der Waals surface area contributed by atoms with Crippen LogP contribution in [-0.2, 0) is 0 Å². The maximum atomic E-state index is 4.62. The molecule has 19 heavy (non-hydrogen) atoms. The van der Waals surface area contributed by atoms with Crippen LogP contribution in [0.1, 0.15) is 26.7 Å². The Bertz CT molecular complexity index is 387. The van der Waals surface area contributed by atoms with Gasteiger partial charge in [0.15, 0.2) is 0 Å². The Balaban J connectivity index is 1.99. The third-order valence-electron chi connectivity index (χ3n) is 3.89. The molecule has 0 amide bonds. The first-order valence-corrected chi connectivity index (χ1v) is 7.25. The minimum Gasteiger partial charge on any atom is -0.369 e. The summed E-state index contributed by atoms with van der Waals surface area (Å²) < 4.78 is 0. The van der Waals surface area contributed by atoms with E-state index in [-0.39, 0.29) is 0 Å². The number of hydrogen-bond acceptors (Lipinski definition) is 5. The first kappa shape index (κ1) is 14.1. The van der Waals surface area contributed by atoms with E-state index in [1.807, 2.05) is 6.20 Å². The van der Waals surface area contributed by atoms with Crippen LogP contribution < -0.4 is 10.2 Å². The van der Waals surface area contributed by atoms with Crippen molar-refractivity contribution in [3.8, 4) is 0 Å². The Morgan fingerprint density at radius 1 is 1.32 bits per heavy atom. The van der Waals surface area contributed by atoms with Crippen molar-refractivity contribution in [1.29, 1.82) is 0 Å². The zero-order valence-electron chi connectivity index (χ0n) is 12.3. The lowest BCUT2D eigenvalue weighted by Crippen LogP contribution is -2.43. The quantitative estimate of drug-likeness (QED) is 0.878. The molecule has 0 saturated carbocycles. The molecule has 0 bridgehead atoms. The SMILES string of the molecule is CCNc1cncc(N(C)C2CCN(CC)CC2)n1. The molecule has 0 spiro atoms. The Morgan fingerprint density at radius 2 is 2.05 bits per heavy atom. The molecule has 106 valence electrons. The molecule has 5 nitrogen and oxygen atoms in total. The Hall–Kier alpha value is -1.36. The zero-order chi connectivity index (χ0) is 13.7. The standard InChI is InChI=1S/C14H25N5/c1-4-16-13-10-15-11-14(17-13)18(3)12-6-8-19(5-2)9-7-12/h10-12H,4-9H2,1-3H3,(H,16,17). The third kappa shape index (κ3) is 3.56. The summed E-state index contributed by atoms with van der Waals surface area (Å²) in [5.41, 5.74) is 0. The maximum absolute atomic E-state index is 4.62. The van der Waals surface area contributed by atoms with Gasteiger partial charge in [0.25, 0.3) is 0 Å². The lowest BCUT2D eigenvalue weighted by atomic mass is 10.0. The summed E-state index contributed by atoms with van der Waals surface area (Å²) in [6, 6.07) is 0.578. The van der Waals surface area contributed by atoms with Crippen LogP contribution in [0.3, 0.4) is 0 Å². The molecule has 0 radical (unpaired) electrons. The molecule has 1 aliphatic rings. The topological polar surface area (TPSA) is 44.3 Å². The van der Waals surface area contributed by atoms with E-state index in [1.54, 1.807) is 6.20 Å². The molecule has 5 heteroatoms. The second-order valence-corrected chi connectivity index (χ2v) is 5.07. The van der Waals surface area contributed by atoms with Gasteiger partial charge in [-0.3, -0.25) is 4.98 Å². The molecule has 1 saturated heterocycles. The molecule has 1 N–H and O–H groups in total. The van der Waals surface area contributed by atoms with Crippen LogP contribution in [0.4, 0.5) is 11.6 Å². The fraction of sp³-hybridized carbons (Fsp3) is 0.714. The monoisotopic (exact) mass is 263 g/mol. The number of nitrogens with one attached hydrogen (secondary N) is 1. The highest BCUT2D eigenvalue weighted by Crippen LogP contribution is 2.20. The van der Waals surface area contributed by atoms with Gasteiger partial charge in [-0.25, -0.2) is 4.98 Å². The number of likely N-dealkylation sites (tertiary alicyclic amines) is 1. The van der Waals surface area contributed by atoms with Gasteiger partial charge in [0, 0.05) is 32.7 Å². The Labute approximate surface area is 116 Å². The second kappa shape index (κ2) is 6.70. The molecule has 2 heterocycles. The number of hydrogen-bond donors (Lipinski definition) is 1. The van der Waals surface area contributed by atoms with E-state index in [4.69, 9.17) is 0 Å². The van der Waals surface area contributed by atoms with Crippen molar-refractivity contribution in [3.63, 3.8) is 0 Å². The summed E-state index contributed by atoms with van der Waals surface area (Å²) in [5.74, 6) is 1.83. The van der Waals surface area contributed by atoms with Gasteiger partial charge in [0.1, 0.15) is 11.6 Å². The maximum Gasteiger partial charge on any atom is 0.149 e. The molecule has 1 fully saturated rings. The summed E-state index contributed by atoms with van der Waals surface area (Å²) in [5, 5.41) is 3.21. The van der Waals surface area contributed by atoms with Crippen LogP contribution in [0.15, 0.2) is 12.4 Å². The van der Waals surface area contributed by atoms with Crippen LogP contribution in [0.25, 0.3) is 0 Å². The largest absolute Gasteiger partial charge is 0.369 e. The minimum absolute atomic E-state index is 0.578. The zero-order valence-corrected chi connectivity index (χ0v) is 12.3. The molecule has 0 aromatic carbocycles. The van der Waals surface area contributed by atoms with Crippen LogP contribution in [0.2, 0.25) is 0 Å². The number of nitrogens with zero attached hydrogens (tertiary/aromatic N) is 4. The molecule has 1 aromatic heterocycles. The summed E-state index contributed by atoms with van der Waals surface area (Å²) in [7, 11) is 2.13. The molecule has 0 atom stereocenters. The van der Waals surface area contributed by atoms with Crippen molar-refractivity contribution in [3.05, 3.63) is 12.4 Å². The van der Waals surface area contributed by atoms with Gasteiger partial charge in [0.2, 0.25) is 0 Å². The number of anilines is 2. The average Bonchev–Trinajstić information content (AvgIpc) is 2.47. The number of piperidine rings is 1. The average molecular weight is 263 g/mol. The highest BCUT2D eigenvalue weighted by molar-refractivity contribution is 5.44. The Morgan fingerprint density at radius 3 is 2.68 bits per heavy atom. The van der Waals surface area contributed by atoms with E-state index in [0.717, 1.165) is 24.7 Å². The van der Waals surface area contributed by atoms with E-state index in [2.05, 4.69) is 46.0 Å². The van der Waals surface area contributed by atoms with Crippen LogP contribution >= 0.6 is 0 Å². The normalized spacial score (nSPS) is 17.4. The van der Waals surface area contributed by atoms with Gasteiger partial charge in [-0.15, -0.1) is 0 Å². The fourth-order valence-electron chi connectivity index (χ4n) is 2.60. The van der Waals surface area contributed by atoms with Gasteiger partial charge in [-0.1, -0.05) is 6.92 Å². The molecular formula is C14H25N5. The molecule has 0 unspecified atom stereocenters.